The second kappa shape index (κ2) is 12.4. The van der Waals surface area contributed by atoms with Gasteiger partial charge >= 0.3 is 11.9 Å². The van der Waals surface area contributed by atoms with Crippen LogP contribution < -0.4 is 14.8 Å². The summed E-state index contributed by atoms with van der Waals surface area (Å²) in [5.74, 6) is -0.943. The molecule has 38 heavy (non-hydrogen) atoms. The lowest BCUT2D eigenvalue weighted by molar-refractivity contribution is 0.0680. The zero-order valence-electron chi connectivity index (χ0n) is 23.5. The van der Waals surface area contributed by atoms with Gasteiger partial charge in [0.15, 0.2) is 11.5 Å². The molecule has 0 amide bonds. The van der Waals surface area contributed by atoms with Crippen LogP contribution in [0.3, 0.4) is 0 Å². The van der Waals surface area contributed by atoms with Gasteiger partial charge in [-0.25, -0.2) is 9.59 Å². The third-order valence-corrected chi connectivity index (χ3v) is 6.42. The first-order valence-electron chi connectivity index (χ1n) is 13.1. The SMILES string of the molecule is CCc1ccc(C(=O)Oc2ccc(C(O)CNC(C)(C)C)cc2OC(=O)c2ccc(CC)cc2C)c(C)c1. The Labute approximate surface area is 226 Å². The number of aryl methyl sites for hydroxylation is 4. The van der Waals surface area contributed by atoms with E-state index >= 15 is 0 Å². The van der Waals surface area contributed by atoms with Crippen molar-refractivity contribution in [2.45, 2.75) is 73.0 Å². The van der Waals surface area contributed by atoms with Gasteiger partial charge in [-0.05, 0) is 99.5 Å². The molecule has 3 aromatic rings. The Hall–Kier alpha value is -3.48. The number of nitrogens with one attached hydrogen (secondary N) is 1. The Balaban J connectivity index is 1.94. The van der Waals surface area contributed by atoms with Crippen molar-refractivity contribution in [1.29, 1.82) is 0 Å². The van der Waals surface area contributed by atoms with Crippen LogP contribution in [0.15, 0.2) is 54.6 Å². The summed E-state index contributed by atoms with van der Waals surface area (Å²) in [5, 5.41) is 14.1. The van der Waals surface area contributed by atoms with Gasteiger partial charge in [-0.2, -0.15) is 0 Å². The zero-order chi connectivity index (χ0) is 28.0. The average Bonchev–Trinajstić information content (AvgIpc) is 2.87. The van der Waals surface area contributed by atoms with Gasteiger partial charge in [0, 0.05) is 12.1 Å². The molecule has 0 saturated carbocycles. The quantitative estimate of drug-likeness (QED) is 0.256. The molecule has 0 aliphatic heterocycles. The van der Waals surface area contributed by atoms with Gasteiger partial charge in [0.2, 0.25) is 0 Å². The smallest absolute Gasteiger partial charge is 0.343 e. The number of carbonyl (C=O) groups excluding carboxylic acids is 2. The Kier molecular flexibility index (Phi) is 9.47. The molecule has 1 unspecified atom stereocenters. The van der Waals surface area contributed by atoms with Crippen molar-refractivity contribution in [2.24, 2.45) is 0 Å². The summed E-state index contributed by atoms with van der Waals surface area (Å²) in [7, 11) is 0. The third-order valence-electron chi connectivity index (χ3n) is 6.42. The van der Waals surface area contributed by atoms with Gasteiger partial charge in [0.1, 0.15) is 0 Å². The van der Waals surface area contributed by atoms with E-state index in [0.29, 0.717) is 23.2 Å². The van der Waals surface area contributed by atoms with E-state index in [2.05, 4.69) is 19.2 Å². The van der Waals surface area contributed by atoms with Gasteiger partial charge in [-0.15, -0.1) is 0 Å². The number of benzene rings is 3. The molecule has 6 nitrogen and oxygen atoms in total. The highest BCUT2D eigenvalue weighted by atomic mass is 16.6. The number of β-amino-alcohol motifs (C(OH)–C–C–N with tert-alkyl or cyclic N) is 1. The maximum atomic E-state index is 13.2. The van der Waals surface area contributed by atoms with E-state index in [-0.39, 0.29) is 17.0 Å². The molecule has 3 aromatic carbocycles. The minimum absolute atomic E-state index is 0.0671. The van der Waals surface area contributed by atoms with Crippen LogP contribution in [0.5, 0.6) is 11.5 Å². The summed E-state index contributed by atoms with van der Waals surface area (Å²) in [6, 6.07) is 16.0. The van der Waals surface area contributed by atoms with Crippen molar-refractivity contribution >= 4 is 11.9 Å². The Morgan fingerprint density at radius 3 is 1.74 bits per heavy atom. The molecule has 0 radical (unpaired) electrons. The second-order valence-electron chi connectivity index (χ2n) is 10.6. The molecule has 0 spiro atoms. The molecule has 0 saturated heterocycles. The molecule has 0 bridgehead atoms. The molecule has 6 heteroatoms. The zero-order valence-corrected chi connectivity index (χ0v) is 23.5. The fraction of sp³-hybridized carbons (Fsp3) is 0.375. The number of rotatable bonds is 9. The number of esters is 2. The van der Waals surface area contributed by atoms with Crippen molar-refractivity contribution in [2.75, 3.05) is 6.54 Å². The molecule has 0 aromatic heterocycles. The highest BCUT2D eigenvalue weighted by Gasteiger charge is 2.21. The fourth-order valence-electron chi connectivity index (χ4n) is 4.08. The van der Waals surface area contributed by atoms with Crippen LogP contribution in [-0.2, 0) is 12.8 Å². The van der Waals surface area contributed by atoms with Crippen molar-refractivity contribution < 1.29 is 24.2 Å². The van der Waals surface area contributed by atoms with Gasteiger partial charge < -0.3 is 19.9 Å². The maximum Gasteiger partial charge on any atom is 0.343 e. The maximum absolute atomic E-state index is 13.2. The molecular formula is C32H39NO5. The van der Waals surface area contributed by atoms with Gasteiger partial charge in [0.05, 0.1) is 17.2 Å². The first-order chi connectivity index (χ1) is 17.9. The lowest BCUT2D eigenvalue weighted by Crippen LogP contribution is -2.38. The second-order valence-corrected chi connectivity index (χ2v) is 10.6. The summed E-state index contributed by atoms with van der Waals surface area (Å²) in [4.78, 5) is 26.2. The molecular weight excluding hydrogens is 478 g/mol. The van der Waals surface area contributed by atoms with E-state index in [1.807, 2.05) is 58.9 Å². The number of aliphatic hydroxyl groups is 1. The molecule has 1 atom stereocenters. The minimum atomic E-state index is -0.856. The first-order valence-corrected chi connectivity index (χ1v) is 13.1. The Morgan fingerprint density at radius 1 is 0.789 bits per heavy atom. The van der Waals surface area contributed by atoms with E-state index in [4.69, 9.17) is 9.47 Å². The van der Waals surface area contributed by atoms with Crippen LogP contribution in [-0.4, -0.2) is 29.1 Å². The highest BCUT2D eigenvalue weighted by Crippen LogP contribution is 2.33. The lowest BCUT2D eigenvalue weighted by Gasteiger charge is -2.23. The van der Waals surface area contributed by atoms with E-state index < -0.39 is 18.0 Å². The van der Waals surface area contributed by atoms with Crippen molar-refractivity contribution in [3.05, 3.63) is 93.5 Å². The van der Waals surface area contributed by atoms with E-state index in [0.717, 1.165) is 35.1 Å². The highest BCUT2D eigenvalue weighted by molar-refractivity contribution is 5.94. The average molecular weight is 518 g/mol. The number of carbonyl (C=O) groups is 2. The summed E-state index contributed by atoms with van der Waals surface area (Å²) in [6.07, 6.45) is 0.867. The largest absolute Gasteiger partial charge is 0.419 e. The fourth-order valence-corrected chi connectivity index (χ4v) is 4.08. The van der Waals surface area contributed by atoms with E-state index in [1.54, 1.807) is 30.3 Å². The molecule has 0 aliphatic carbocycles. The molecule has 0 aliphatic rings. The molecule has 0 heterocycles. The van der Waals surface area contributed by atoms with Gasteiger partial charge in [-0.1, -0.05) is 44.2 Å². The normalized spacial score (nSPS) is 12.2. The van der Waals surface area contributed by atoms with Crippen LogP contribution in [0, 0.1) is 13.8 Å². The number of aliphatic hydroxyl groups excluding tert-OH is 1. The lowest BCUT2D eigenvalue weighted by atomic mass is 10.0. The predicted molar refractivity (Wildman–Crippen MR) is 150 cm³/mol. The number of hydrogen-bond acceptors (Lipinski definition) is 6. The van der Waals surface area contributed by atoms with Crippen LogP contribution in [0.25, 0.3) is 0 Å². The van der Waals surface area contributed by atoms with Gasteiger partial charge in [-0.3, -0.25) is 0 Å². The summed E-state index contributed by atoms with van der Waals surface area (Å²) in [5.41, 5.74) is 5.06. The summed E-state index contributed by atoms with van der Waals surface area (Å²) < 4.78 is 11.5. The molecule has 202 valence electrons. The topological polar surface area (TPSA) is 84.9 Å². The van der Waals surface area contributed by atoms with E-state index in [9.17, 15) is 14.7 Å². The standard InChI is InChI=1S/C32H39NO5/c1-8-22-10-13-25(20(3)16-22)30(35)37-28-15-12-24(27(34)19-33-32(5,6)7)18-29(28)38-31(36)26-14-11-23(9-2)17-21(26)4/h10-18,27,33-34H,8-9,19H2,1-7H3. The molecule has 2 N–H and O–H groups in total. The monoisotopic (exact) mass is 517 g/mol. The third kappa shape index (κ3) is 7.53. The number of hydrogen-bond donors (Lipinski definition) is 2. The van der Waals surface area contributed by atoms with E-state index in [1.165, 1.54) is 0 Å². The molecule has 0 fully saturated rings. The van der Waals surface area contributed by atoms with Crippen molar-refractivity contribution in [1.82, 2.24) is 5.32 Å². The number of ether oxygens (including phenoxy) is 2. The Bertz CT molecular complexity index is 1310. The van der Waals surface area contributed by atoms with Crippen LogP contribution >= 0.6 is 0 Å². The first kappa shape index (κ1) is 29.1. The van der Waals surface area contributed by atoms with Crippen molar-refractivity contribution in [3.8, 4) is 11.5 Å². The molecule has 3 rings (SSSR count). The van der Waals surface area contributed by atoms with Crippen molar-refractivity contribution in [3.63, 3.8) is 0 Å². The van der Waals surface area contributed by atoms with Crippen LogP contribution in [0.4, 0.5) is 0 Å². The minimum Gasteiger partial charge on any atom is -0.419 e. The van der Waals surface area contributed by atoms with Crippen LogP contribution in [0.2, 0.25) is 0 Å². The predicted octanol–water partition coefficient (Wildman–Crippen LogP) is 6.29. The summed E-state index contributed by atoms with van der Waals surface area (Å²) >= 11 is 0. The van der Waals surface area contributed by atoms with Gasteiger partial charge in [0.25, 0.3) is 0 Å². The summed E-state index contributed by atoms with van der Waals surface area (Å²) in [6.45, 7) is 14.2. The Morgan fingerprint density at radius 2 is 1.29 bits per heavy atom. The van der Waals surface area contributed by atoms with Crippen LogP contribution in [0.1, 0.15) is 89.3 Å².